The summed E-state index contributed by atoms with van der Waals surface area (Å²) in [6, 6.07) is 2.19. The molecule has 0 aromatic rings. The highest BCUT2D eigenvalue weighted by molar-refractivity contribution is 5.09. The summed E-state index contributed by atoms with van der Waals surface area (Å²) in [4.78, 5) is 0. The van der Waals surface area contributed by atoms with Crippen LogP contribution in [0.3, 0.4) is 0 Å². The predicted molar refractivity (Wildman–Crippen MR) is 50.6 cm³/mol. The first-order chi connectivity index (χ1) is 6.79. The number of hydrogen-bond donors (Lipinski definition) is 1. The fourth-order valence-corrected chi connectivity index (χ4v) is 1.97. The lowest BCUT2D eigenvalue weighted by Gasteiger charge is -2.37. The molecule has 1 fully saturated rings. The first kappa shape index (κ1) is 11.4. The molecule has 4 heteroatoms. The van der Waals surface area contributed by atoms with Crippen molar-refractivity contribution in [3.05, 3.63) is 0 Å². The van der Waals surface area contributed by atoms with Crippen molar-refractivity contribution in [2.45, 2.75) is 37.4 Å². The first-order valence-electron chi connectivity index (χ1n) is 4.98. The zero-order valence-electron chi connectivity index (χ0n) is 8.53. The third kappa shape index (κ3) is 2.24. The first-order valence-corrected chi connectivity index (χ1v) is 4.98. The minimum absolute atomic E-state index is 0.0557. The second-order valence-corrected chi connectivity index (χ2v) is 3.54. The maximum Gasteiger partial charge on any atom is 0.180 e. The monoisotopic (exact) mass is 199 g/mol. The third-order valence-electron chi connectivity index (χ3n) is 2.71. The van der Waals surface area contributed by atoms with E-state index >= 15 is 0 Å². The van der Waals surface area contributed by atoms with Crippen LogP contribution in [0.5, 0.6) is 0 Å². The van der Waals surface area contributed by atoms with Crippen LogP contribution in [0.15, 0.2) is 0 Å². The molecule has 1 saturated carbocycles. The van der Waals surface area contributed by atoms with Crippen LogP contribution in [0, 0.1) is 11.3 Å². The summed E-state index contributed by atoms with van der Waals surface area (Å²) in [5.74, 6) is 0. The number of rotatable bonds is 4. The van der Waals surface area contributed by atoms with Gasteiger partial charge in [-0.3, -0.25) is 0 Å². The number of hydrogen-bond acceptors (Lipinski definition) is 4. The minimum Gasteiger partial charge on any atom is -0.394 e. The van der Waals surface area contributed by atoms with E-state index < -0.39 is 5.60 Å². The molecule has 0 aromatic heterocycles. The van der Waals surface area contributed by atoms with Crippen LogP contribution in [0.4, 0.5) is 0 Å². The van der Waals surface area contributed by atoms with Crippen molar-refractivity contribution in [2.24, 2.45) is 0 Å². The predicted octanol–water partition coefficient (Wildman–Crippen LogP) is 0.847. The Hall–Kier alpha value is -0.630. The Labute approximate surface area is 84.4 Å². The average molecular weight is 199 g/mol. The van der Waals surface area contributed by atoms with Crippen LogP contribution in [0.2, 0.25) is 0 Å². The van der Waals surface area contributed by atoms with E-state index in [1.165, 1.54) is 0 Å². The Kier molecular flexibility index (Phi) is 4.33. The molecule has 1 aliphatic carbocycles. The second-order valence-electron chi connectivity index (χ2n) is 3.54. The highest BCUT2D eigenvalue weighted by Crippen LogP contribution is 2.33. The molecule has 0 spiro atoms. The lowest BCUT2D eigenvalue weighted by Crippen LogP contribution is -2.47. The molecule has 0 heterocycles. The molecule has 2 unspecified atom stereocenters. The normalized spacial score (nSPS) is 32.5. The van der Waals surface area contributed by atoms with Crippen molar-refractivity contribution in [2.75, 3.05) is 20.3 Å². The summed E-state index contributed by atoms with van der Waals surface area (Å²) in [5, 5.41) is 17.8. The van der Waals surface area contributed by atoms with Crippen LogP contribution in [-0.2, 0) is 9.47 Å². The summed E-state index contributed by atoms with van der Waals surface area (Å²) < 4.78 is 10.7. The van der Waals surface area contributed by atoms with Gasteiger partial charge >= 0.3 is 0 Å². The summed E-state index contributed by atoms with van der Waals surface area (Å²) in [6.45, 7) is 0.146. The van der Waals surface area contributed by atoms with Gasteiger partial charge in [0.05, 0.1) is 19.3 Å². The van der Waals surface area contributed by atoms with Gasteiger partial charge in [0.2, 0.25) is 0 Å². The van der Waals surface area contributed by atoms with Crippen molar-refractivity contribution in [1.29, 1.82) is 5.26 Å². The zero-order chi connectivity index (χ0) is 10.4. The number of nitriles is 1. The van der Waals surface area contributed by atoms with Crippen LogP contribution in [-0.4, -0.2) is 37.1 Å². The summed E-state index contributed by atoms with van der Waals surface area (Å²) in [7, 11) is 1.60. The largest absolute Gasteiger partial charge is 0.394 e. The molecule has 0 aliphatic heterocycles. The van der Waals surface area contributed by atoms with Crippen molar-refractivity contribution in [3.63, 3.8) is 0 Å². The van der Waals surface area contributed by atoms with Gasteiger partial charge in [-0.05, 0) is 19.3 Å². The van der Waals surface area contributed by atoms with Crippen molar-refractivity contribution in [3.8, 4) is 6.07 Å². The molecule has 1 aliphatic rings. The van der Waals surface area contributed by atoms with Crippen LogP contribution in [0.1, 0.15) is 25.7 Å². The Morgan fingerprint density at radius 1 is 1.57 bits per heavy atom. The Balaban J connectivity index is 2.67. The molecule has 0 bridgehead atoms. The van der Waals surface area contributed by atoms with E-state index in [9.17, 15) is 0 Å². The Morgan fingerprint density at radius 2 is 2.36 bits per heavy atom. The molecular formula is C10H17NO3. The molecule has 2 atom stereocenters. The van der Waals surface area contributed by atoms with E-state index in [1.807, 2.05) is 0 Å². The maximum absolute atomic E-state index is 9.13. The van der Waals surface area contributed by atoms with Gasteiger partial charge in [-0.1, -0.05) is 6.42 Å². The molecule has 4 nitrogen and oxygen atoms in total. The molecule has 0 amide bonds. The lowest BCUT2D eigenvalue weighted by molar-refractivity contribution is -0.127. The van der Waals surface area contributed by atoms with Crippen molar-refractivity contribution in [1.82, 2.24) is 0 Å². The van der Waals surface area contributed by atoms with E-state index in [-0.39, 0.29) is 19.3 Å². The molecule has 1 rings (SSSR count). The molecule has 0 radical (unpaired) electrons. The van der Waals surface area contributed by atoms with Gasteiger partial charge < -0.3 is 14.6 Å². The van der Waals surface area contributed by atoms with Crippen molar-refractivity contribution < 1.29 is 14.6 Å². The van der Waals surface area contributed by atoms with Gasteiger partial charge in [-0.25, -0.2) is 0 Å². The SMILES string of the molecule is COC1CCCCC1(C#N)OCCO. The smallest absolute Gasteiger partial charge is 0.180 e. The third-order valence-corrected chi connectivity index (χ3v) is 2.71. The molecular weight excluding hydrogens is 182 g/mol. The molecule has 0 aromatic carbocycles. The summed E-state index contributed by atoms with van der Waals surface area (Å²) >= 11 is 0. The van der Waals surface area contributed by atoms with E-state index in [0.29, 0.717) is 6.42 Å². The van der Waals surface area contributed by atoms with Gasteiger partial charge in [-0.2, -0.15) is 5.26 Å². The van der Waals surface area contributed by atoms with E-state index in [4.69, 9.17) is 19.8 Å². The lowest BCUT2D eigenvalue weighted by atomic mass is 9.83. The molecule has 0 saturated heterocycles. The van der Waals surface area contributed by atoms with Gasteiger partial charge in [0.25, 0.3) is 0 Å². The number of aliphatic hydroxyl groups excluding tert-OH is 1. The number of methoxy groups -OCH3 is 1. The maximum atomic E-state index is 9.13. The van der Waals surface area contributed by atoms with Gasteiger partial charge in [0.1, 0.15) is 6.07 Å². The number of ether oxygens (including phenoxy) is 2. The fraction of sp³-hybridized carbons (Fsp3) is 0.900. The molecule has 80 valence electrons. The van der Waals surface area contributed by atoms with Gasteiger partial charge in [0.15, 0.2) is 5.60 Å². The highest BCUT2D eigenvalue weighted by atomic mass is 16.5. The Bertz CT molecular complexity index is 214. The molecule has 14 heavy (non-hydrogen) atoms. The fourth-order valence-electron chi connectivity index (χ4n) is 1.97. The van der Waals surface area contributed by atoms with E-state index in [1.54, 1.807) is 7.11 Å². The topological polar surface area (TPSA) is 62.5 Å². The second kappa shape index (κ2) is 5.30. The van der Waals surface area contributed by atoms with Crippen molar-refractivity contribution >= 4 is 0 Å². The number of aliphatic hydroxyl groups is 1. The number of nitrogens with zero attached hydrogens (tertiary/aromatic N) is 1. The van der Waals surface area contributed by atoms with Crippen LogP contribution >= 0.6 is 0 Å². The zero-order valence-corrected chi connectivity index (χ0v) is 8.53. The standard InChI is InChI=1S/C10H17NO3/c1-13-9-4-2-3-5-10(9,8-11)14-7-6-12/h9,12H,2-7H2,1H3. The van der Waals surface area contributed by atoms with E-state index in [0.717, 1.165) is 19.3 Å². The molecule has 1 N–H and O–H groups in total. The summed E-state index contributed by atoms with van der Waals surface area (Å²) in [5.41, 5.74) is -0.838. The summed E-state index contributed by atoms with van der Waals surface area (Å²) in [6.07, 6.45) is 3.45. The van der Waals surface area contributed by atoms with Gasteiger partial charge in [-0.15, -0.1) is 0 Å². The Morgan fingerprint density at radius 3 is 2.93 bits per heavy atom. The van der Waals surface area contributed by atoms with Crippen LogP contribution in [0.25, 0.3) is 0 Å². The van der Waals surface area contributed by atoms with Crippen LogP contribution < -0.4 is 0 Å². The highest BCUT2D eigenvalue weighted by Gasteiger charge is 2.42. The average Bonchev–Trinajstić information content (AvgIpc) is 2.26. The van der Waals surface area contributed by atoms with Gasteiger partial charge in [0, 0.05) is 7.11 Å². The quantitative estimate of drug-likeness (QED) is 0.729. The minimum atomic E-state index is -0.838. The van der Waals surface area contributed by atoms with E-state index in [2.05, 4.69) is 6.07 Å².